The number of amides is 1. The van der Waals surface area contributed by atoms with Crippen molar-refractivity contribution in [3.05, 3.63) is 53.7 Å². The summed E-state index contributed by atoms with van der Waals surface area (Å²) in [4.78, 5) is 18.2. The van der Waals surface area contributed by atoms with Gasteiger partial charge in [-0.15, -0.1) is 0 Å². The van der Waals surface area contributed by atoms with Gasteiger partial charge in [-0.2, -0.15) is 5.26 Å². The molecule has 1 fully saturated rings. The minimum absolute atomic E-state index is 0.350. The van der Waals surface area contributed by atoms with E-state index in [2.05, 4.69) is 18.0 Å². The molecule has 5 heteroatoms. The van der Waals surface area contributed by atoms with E-state index in [1.165, 1.54) is 0 Å². The van der Waals surface area contributed by atoms with Crippen molar-refractivity contribution < 1.29 is 4.79 Å². The first-order valence-corrected chi connectivity index (χ1v) is 9.15. The van der Waals surface area contributed by atoms with E-state index < -0.39 is 5.91 Å². The zero-order valence-electron chi connectivity index (χ0n) is 15.1. The molecule has 1 aliphatic rings. The van der Waals surface area contributed by atoms with Crippen molar-refractivity contribution >= 4 is 17.4 Å². The van der Waals surface area contributed by atoms with E-state index >= 15 is 0 Å². The number of hydrogen-bond donors (Lipinski definition) is 1. The second-order valence-corrected chi connectivity index (χ2v) is 6.84. The van der Waals surface area contributed by atoms with Crippen LogP contribution in [0.3, 0.4) is 0 Å². The van der Waals surface area contributed by atoms with Crippen LogP contribution in [0, 0.1) is 11.3 Å². The minimum atomic E-state index is -0.486. The zero-order valence-corrected chi connectivity index (χ0v) is 15.1. The molecule has 5 nitrogen and oxygen atoms in total. The Hall–Kier alpha value is -2.87. The zero-order chi connectivity index (χ0) is 18.6. The summed E-state index contributed by atoms with van der Waals surface area (Å²) in [5.74, 6) is 0.0886. The van der Waals surface area contributed by atoms with Crippen molar-refractivity contribution in [2.75, 3.05) is 11.4 Å². The van der Waals surface area contributed by atoms with Gasteiger partial charge in [-0.3, -0.25) is 4.79 Å². The molecule has 1 aromatic carbocycles. The first-order valence-electron chi connectivity index (χ1n) is 9.15. The molecule has 0 spiro atoms. The van der Waals surface area contributed by atoms with Gasteiger partial charge in [0, 0.05) is 18.4 Å². The standard InChI is InChI=1S/C21H24N4O/c1-2-14-25(20-18(19(23)26)6-5-13-24-20)17-9-7-16(8-10-17)21(15-22)11-3-4-12-21/h5-10,13H,2-4,11-12,14H2,1H3,(H2,23,26). The fourth-order valence-electron chi connectivity index (χ4n) is 3.79. The molecular weight excluding hydrogens is 324 g/mol. The van der Waals surface area contributed by atoms with E-state index in [0.717, 1.165) is 49.9 Å². The number of rotatable bonds is 6. The lowest BCUT2D eigenvalue weighted by molar-refractivity contribution is 0.100. The number of primary amides is 1. The molecule has 1 aromatic heterocycles. The predicted octanol–water partition coefficient (Wildman–Crippen LogP) is 4.06. The summed E-state index contributed by atoms with van der Waals surface area (Å²) < 4.78 is 0. The van der Waals surface area contributed by atoms with Crippen LogP contribution in [0.15, 0.2) is 42.6 Å². The number of nitrogens with zero attached hydrogens (tertiary/aromatic N) is 3. The molecule has 0 atom stereocenters. The van der Waals surface area contributed by atoms with Crippen LogP contribution in [0.25, 0.3) is 0 Å². The second kappa shape index (κ2) is 7.57. The maximum atomic E-state index is 11.8. The summed E-state index contributed by atoms with van der Waals surface area (Å²) in [5, 5.41) is 9.69. The summed E-state index contributed by atoms with van der Waals surface area (Å²) >= 11 is 0. The van der Waals surface area contributed by atoms with Crippen molar-refractivity contribution in [2.45, 2.75) is 44.4 Å². The van der Waals surface area contributed by atoms with Crippen LogP contribution < -0.4 is 10.6 Å². The highest BCUT2D eigenvalue weighted by Gasteiger charge is 2.35. The van der Waals surface area contributed by atoms with Gasteiger partial charge in [0.25, 0.3) is 5.91 Å². The summed E-state index contributed by atoms with van der Waals surface area (Å²) in [6.45, 7) is 2.80. The average Bonchev–Trinajstić information content (AvgIpc) is 3.17. The molecule has 2 N–H and O–H groups in total. The van der Waals surface area contributed by atoms with Crippen molar-refractivity contribution in [1.82, 2.24) is 4.98 Å². The fraction of sp³-hybridized carbons (Fsp3) is 0.381. The average molecular weight is 348 g/mol. The molecule has 1 amide bonds. The highest BCUT2D eigenvalue weighted by Crippen LogP contribution is 2.41. The molecule has 26 heavy (non-hydrogen) atoms. The van der Waals surface area contributed by atoms with Gasteiger partial charge in [-0.25, -0.2) is 4.98 Å². The molecule has 0 radical (unpaired) electrons. The van der Waals surface area contributed by atoms with Crippen molar-refractivity contribution in [3.63, 3.8) is 0 Å². The Morgan fingerprint density at radius 1 is 1.27 bits per heavy atom. The summed E-state index contributed by atoms with van der Waals surface area (Å²) in [6.07, 6.45) is 6.63. The van der Waals surface area contributed by atoms with Crippen LogP contribution in [-0.2, 0) is 5.41 Å². The van der Waals surface area contributed by atoms with Crippen LogP contribution in [0.2, 0.25) is 0 Å². The Kier molecular flexibility index (Phi) is 5.22. The highest BCUT2D eigenvalue weighted by atomic mass is 16.1. The number of carbonyl (C=O) groups is 1. The Morgan fingerprint density at radius 2 is 1.96 bits per heavy atom. The molecule has 1 heterocycles. The van der Waals surface area contributed by atoms with E-state index in [0.29, 0.717) is 11.4 Å². The predicted molar refractivity (Wildman–Crippen MR) is 102 cm³/mol. The van der Waals surface area contributed by atoms with Crippen LogP contribution in [0.5, 0.6) is 0 Å². The van der Waals surface area contributed by atoms with Crippen molar-refractivity contribution in [1.29, 1.82) is 5.26 Å². The van der Waals surface area contributed by atoms with E-state index in [1.54, 1.807) is 18.3 Å². The first-order chi connectivity index (χ1) is 12.6. The quantitative estimate of drug-likeness (QED) is 0.853. The van der Waals surface area contributed by atoms with E-state index in [4.69, 9.17) is 5.73 Å². The molecule has 3 rings (SSSR count). The van der Waals surface area contributed by atoms with Crippen LogP contribution in [-0.4, -0.2) is 17.4 Å². The van der Waals surface area contributed by atoms with Gasteiger partial charge in [0.05, 0.1) is 17.0 Å². The number of pyridine rings is 1. The number of nitriles is 1. The maximum absolute atomic E-state index is 11.8. The summed E-state index contributed by atoms with van der Waals surface area (Å²) in [7, 11) is 0. The third-order valence-electron chi connectivity index (χ3n) is 5.16. The number of benzene rings is 1. The molecule has 0 bridgehead atoms. The molecular formula is C21H24N4O. The highest BCUT2D eigenvalue weighted by molar-refractivity contribution is 5.98. The smallest absolute Gasteiger partial charge is 0.252 e. The Morgan fingerprint density at radius 3 is 2.54 bits per heavy atom. The lowest BCUT2D eigenvalue weighted by atomic mass is 9.80. The lowest BCUT2D eigenvalue weighted by Gasteiger charge is -2.26. The van der Waals surface area contributed by atoms with Gasteiger partial charge in [0.15, 0.2) is 0 Å². The topological polar surface area (TPSA) is 83.0 Å². The molecule has 134 valence electrons. The Bertz CT molecular complexity index is 817. The Balaban J connectivity index is 1.97. The van der Waals surface area contributed by atoms with Crippen molar-refractivity contribution in [2.24, 2.45) is 5.73 Å². The van der Waals surface area contributed by atoms with Gasteiger partial charge in [-0.1, -0.05) is 31.9 Å². The van der Waals surface area contributed by atoms with Gasteiger partial charge >= 0.3 is 0 Å². The largest absolute Gasteiger partial charge is 0.365 e. The number of aromatic nitrogens is 1. The van der Waals surface area contributed by atoms with Gasteiger partial charge < -0.3 is 10.6 Å². The Labute approximate surface area is 154 Å². The van der Waals surface area contributed by atoms with Gasteiger partial charge in [0.1, 0.15) is 5.82 Å². The van der Waals surface area contributed by atoms with Crippen LogP contribution in [0.4, 0.5) is 11.5 Å². The molecule has 0 unspecified atom stereocenters. The monoisotopic (exact) mass is 348 g/mol. The number of anilines is 2. The van der Waals surface area contributed by atoms with E-state index in [1.807, 2.05) is 29.2 Å². The normalized spacial score (nSPS) is 15.4. The van der Waals surface area contributed by atoms with E-state index in [-0.39, 0.29) is 5.41 Å². The van der Waals surface area contributed by atoms with E-state index in [9.17, 15) is 10.1 Å². The van der Waals surface area contributed by atoms with Crippen LogP contribution >= 0.6 is 0 Å². The first kappa shape index (κ1) is 17.9. The molecule has 0 aliphatic heterocycles. The molecule has 1 saturated carbocycles. The minimum Gasteiger partial charge on any atom is -0.365 e. The second-order valence-electron chi connectivity index (χ2n) is 6.84. The van der Waals surface area contributed by atoms with Gasteiger partial charge in [-0.05, 0) is 49.1 Å². The maximum Gasteiger partial charge on any atom is 0.252 e. The summed E-state index contributed by atoms with van der Waals surface area (Å²) in [5.41, 5.74) is 7.61. The third-order valence-corrected chi connectivity index (χ3v) is 5.16. The third kappa shape index (κ3) is 3.28. The molecule has 2 aromatic rings. The fourth-order valence-corrected chi connectivity index (χ4v) is 3.79. The van der Waals surface area contributed by atoms with Crippen LogP contribution in [0.1, 0.15) is 54.9 Å². The lowest BCUT2D eigenvalue weighted by Crippen LogP contribution is -2.24. The number of hydrogen-bond acceptors (Lipinski definition) is 4. The molecule has 1 aliphatic carbocycles. The number of carbonyl (C=O) groups excluding carboxylic acids is 1. The van der Waals surface area contributed by atoms with Crippen molar-refractivity contribution in [3.8, 4) is 6.07 Å². The summed E-state index contributed by atoms with van der Waals surface area (Å²) in [6, 6.07) is 14.1. The molecule has 0 saturated heterocycles. The number of nitrogens with two attached hydrogens (primary N) is 1. The van der Waals surface area contributed by atoms with Gasteiger partial charge in [0.2, 0.25) is 0 Å². The SMILES string of the molecule is CCCN(c1ccc(C2(C#N)CCCC2)cc1)c1ncccc1C(N)=O.